The summed E-state index contributed by atoms with van der Waals surface area (Å²) < 4.78 is 26.5. The molecule has 0 spiro atoms. The summed E-state index contributed by atoms with van der Waals surface area (Å²) in [5.41, 5.74) is 1.06. The quantitative estimate of drug-likeness (QED) is 0.662. The molecule has 0 aromatic heterocycles. The summed E-state index contributed by atoms with van der Waals surface area (Å²) in [6.45, 7) is 4.31. The summed E-state index contributed by atoms with van der Waals surface area (Å²) in [5.74, 6) is -0.321. The summed E-state index contributed by atoms with van der Waals surface area (Å²) in [5, 5.41) is 6.43. The number of benzene rings is 2. The van der Waals surface area contributed by atoms with Crippen molar-refractivity contribution in [2.45, 2.75) is 18.7 Å². The third-order valence-electron chi connectivity index (χ3n) is 3.83. The van der Waals surface area contributed by atoms with Crippen molar-refractivity contribution in [3.8, 4) is 0 Å². The van der Waals surface area contributed by atoms with E-state index >= 15 is 0 Å². The zero-order chi connectivity index (χ0) is 20.0. The molecule has 27 heavy (non-hydrogen) atoms. The molecule has 6 nitrogen and oxygen atoms in total. The fraction of sp³-hybridized carbons (Fsp3) is 0.278. The van der Waals surface area contributed by atoms with Gasteiger partial charge in [-0.15, -0.1) is 0 Å². The fourth-order valence-corrected chi connectivity index (χ4v) is 4.24. The van der Waals surface area contributed by atoms with E-state index in [1.807, 2.05) is 0 Å². The molecule has 0 aliphatic heterocycles. The maximum atomic E-state index is 12.6. The van der Waals surface area contributed by atoms with Crippen LogP contribution in [0.2, 0.25) is 10.0 Å². The number of hydrogen-bond donors (Lipinski definition) is 2. The van der Waals surface area contributed by atoms with Gasteiger partial charge in [0.2, 0.25) is 15.9 Å². The van der Waals surface area contributed by atoms with Gasteiger partial charge in [-0.1, -0.05) is 43.1 Å². The van der Waals surface area contributed by atoms with Gasteiger partial charge < -0.3 is 10.6 Å². The molecular formula is C18H21Cl2N3O3S. The van der Waals surface area contributed by atoms with Gasteiger partial charge in [0.15, 0.2) is 0 Å². The van der Waals surface area contributed by atoms with E-state index in [1.54, 1.807) is 44.2 Å². The van der Waals surface area contributed by atoms with Crippen LogP contribution in [0.15, 0.2) is 47.4 Å². The Morgan fingerprint density at radius 2 is 1.70 bits per heavy atom. The molecule has 0 aliphatic carbocycles. The predicted octanol–water partition coefficient (Wildman–Crippen LogP) is 4.07. The summed E-state index contributed by atoms with van der Waals surface area (Å²) in [7, 11) is -3.58. The van der Waals surface area contributed by atoms with E-state index in [0.717, 1.165) is 0 Å². The normalized spacial score (nSPS) is 11.4. The first-order valence-electron chi connectivity index (χ1n) is 8.37. The van der Waals surface area contributed by atoms with Crippen LogP contribution in [0.4, 0.5) is 11.4 Å². The molecule has 0 bridgehead atoms. The molecule has 0 atom stereocenters. The van der Waals surface area contributed by atoms with Crippen molar-refractivity contribution >= 4 is 50.5 Å². The van der Waals surface area contributed by atoms with Crippen LogP contribution >= 0.6 is 23.2 Å². The Morgan fingerprint density at radius 3 is 2.33 bits per heavy atom. The Hall–Kier alpha value is -1.80. The smallest absolute Gasteiger partial charge is 0.243 e. The van der Waals surface area contributed by atoms with Crippen molar-refractivity contribution in [1.29, 1.82) is 0 Å². The number of nitrogens with zero attached hydrogens (tertiary/aromatic N) is 1. The lowest BCUT2D eigenvalue weighted by Gasteiger charge is -2.19. The molecule has 0 heterocycles. The highest BCUT2D eigenvalue weighted by molar-refractivity contribution is 7.89. The van der Waals surface area contributed by atoms with Crippen LogP contribution in [0.25, 0.3) is 0 Å². The third-order valence-corrected chi connectivity index (χ3v) is 6.62. The van der Waals surface area contributed by atoms with Crippen molar-refractivity contribution in [3.63, 3.8) is 0 Å². The van der Waals surface area contributed by atoms with Crippen molar-refractivity contribution in [2.24, 2.45) is 0 Å². The van der Waals surface area contributed by atoms with E-state index in [0.29, 0.717) is 34.5 Å². The molecule has 0 aliphatic rings. The lowest BCUT2D eigenvalue weighted by Crippen LogP contribution is -2.30. The highest BCUT2D eigenvalue weighted by Crippen LogP contribution is 2.25. The molecule has 2 rings (SSSR count). The topological polar surface area (TPSA) is 78.5 Å². The molecule has 1 amide bonds. The first-order valence-corrected chi connectivity index (χ1v) is 10.6. The first kappa shape index (κ1) is 21.5. The zero-order valence-corrected chi connectivity index (χ0v) is 17.3. The van der Waals surface area contributed by atoms with Crippen LogP contribution in [-0.2, 0) is 14.8 Å². The van der Waals surface area contributed by atoms with Gasteiger partial charge in [-0.25, -0.2) is 8.42 Å². The number of carbonyl (C=O) groups is 1. The van der Waals surface area contributed by atoms with E-state index in [2.05, 4.69) is 10.6 Å². The maximum Gasteiger partial charge on any atom is 0.243 e. The van der Waals surface area contributed by atoms with Crippen LogP contribution in [0.5, 0.6) is 0 Å². The Bertz CT molecular complexity index is 916. The van der Waals surface area contributed by atoms with Crippen molar-refractivity contribution < 1.29 is 13.2 Å². The Labute approximate surface area is 169 Å². The molecule has 0 saturated heterocycles. The maximum absolute atomic E-state index is 12.6. The molecular weight excluding hydrogens is 409 g/mol. The lowest BCUT2D eigenvalue weighted by atomic mass is 10.3. The number of carbonyl (C=O) groups excluding carboxylic acids is 1. The average Bonchev–Trinajstić information content (AvgIpc) is 2.64. The van der Waals surface area contributed by atoms with Crippen molar-refractivity contribution in [2.75, 3.05) is 30.3 Å². The number of rotatable bonds is 8. The van der Waals surface area contributed by atoms with E-state index in [9.17, 15) is 13.2 Å². The standard InChI is InChI=1S/C18H21Cl2N3O3S/c1-3-23(4-2)27(25,26)15-7-5-6-14(10-15)22-18(24)12-21-13-8-9-16(19)17(20)11-13/h5-11,21H,3-4,12H2,1-2H3,(H,22,24). The highest BCUT2D eigenvalue weighted by atomic mass is 35.5. The third kappa shape index (κ3) is 5.59. The highest BCUT2D eigenvalue weighted by Gasteiger charge is 2.21. The minimum absolute atomic E-state index is 0.00894. The van der Waals surface area contributed by atoms with Gasteiger partial charge in [0, 0.05) is 24.5 Å². The average molecular weight is 430 g/mol. The number of nitrogens with one attached hydrogen (secondary N) is 2. The molecule has 2 aromatic rings. The number of anilines is 2. The van der Waals surface area contributed by atoms with Gasteiger partial charge in [-0.05, 0) is 36.4 Å². The van der Waals surface area contributed by atoms with Gasteiger partial charge in [0.25, 0.3) is 0 Å². The van der Waals surface area contributed by atoms with Crippen LogP contribution < -0.4 is 10.6 Å². The number of amides is 1. The molecule has 2 aromatic carbocycles. The number of hydrogen-bond acceptors (Lipinski definition) is 4. The first-order chi connectivity index (χ1) is 12.8. The fourth-order valence-electron chi connectivity index (χ4n) is 2.44. The van der Waals surface area contributed by atoms with Crippen LogP contribution in [0.1, 0.15) is 13.8 Å². The molecule has 146 valence electrons. The van der Waals surface area contributed by atoms with Gasteiger partial charge >= 0.3 is 0 Å². The van der Waals surface area contributed by atoms with Crippen LogP contribution in [0.3, 0.4) is 0 Å². The lowest BCUT2D eigenvalue weighted by molar-refractivity contribution is -0.114. The van der Waals surface area contributed by atoms with Crippen LogP contribution in [-0.4, -0.2) is 38.3 Å². The van der Waals surface area contributed by atoms with E-state index in [-0.39, 0.29) is 17.3 Å². The van der Waals surface area contributed by atoms with E-state index in [1.165, 1.54) is 16.4 Å². The Kier molecular flexibility index (Phi) is 7.49. The summed E-state index contributed by atoms with van der Waals surface area (Å²) >= 11 is 11.8. The van der Waals surface area contributed by atoms with Gasteiger partial charge in [0.1, 0.15) is 0 Å². The molecule has 0 radical (unpaired) electrons. The molecule has 0 fully saturated rings. The molecule has 0 saturated carbocycles. The van der Waals surface area contributed by atoms with E-state index in [4.69, 9.17) is 23.2 Å². The number of halogens is 2. The minimum Gasteiger partial charge on any atom is -0.376 e. The van der Waals surface area contributed by atoms with Crippen LogP contribution in [0, 0.1) is 0 Å². The summed E-state index contributed by atoms with van der Waals surface area (Å²) in [6, 6.07) is 11.2. The summed E-state index contributed by atoms with van der Waals surface area (Å²) in [6.07, 6.45) is 0. The second kappa shape index (κ2) is 9.41. The van der Waals surface area contributed by atoms with Gasteiger partial charge in [-0.3, -0.25) is 4.79 Å². The monoisotopic (exact) mass is 429 g/mol. The Balaban J connectivity index is 2.05. The predicted molar refractivity (Wildman–Crippen MR) is 110 cm³/mol. The van der Waals surface area contributed by atoms with Gasteiger partial charge in [-0.2, -0.15) is 4.31 Å². The largest absolute Gasteiger partial charge is 0.376 e. The minimum atomic E-state index is -3.58. The van der Waals surface area contributed by atoms with Crippen molar-refractivity contribution in [1.82, 2.24) is 4.31 Å². The SMILES string of the molecule is CCN(CC)S(=O)(=O)c1cccc(NC(=O)CNc2ccc(Cl)c(Cl)c2)c1. The summed E-state index contributed by atoms with van der Waals surface area (Å²) in [4.78, 5) is 12.3. The molecule has 0 unspecified atom stereocenters. The zero-order valence-electron chi connectivity index (χ0n) is 15.0. The molecule has 9 heteroatoms. The second-order valence-corrected chi connectivity index (χ2v) is 8.40. The number of sulfonamides is 1. The second-order valence-electron chi connectivity index (χ2n) is 5.65. The van der Waals surface area contributed by atoms with Gasteiger partial charge in [0.05, 0.1) is 21.5 Å². The van der Waals surface area contributed by atoms with Crippen molar-refractivity contribution in [3.05, 3.63) is 52.5 Å². The molecule has 2 N–H and O–H groups in total. The Morgan fingerprint density at radius 1 is 1.00 bits per heavy atom. The van der Waals surface area contributed by atoms with E-state index < -0.39 is 10.0 Å².